The van der Waals surface area contributed by atoms with Crippen LogP contribution in [0.3, 0.4) is 0 Å². The summed E-state index contributed by atoms with van der Waals surface area (Å²) < 4.78 is 10.5. The molecule has 5 heteroatoms. The lowest BCUT2D eigenvalue weighted by Crippen LogP contribution is -2.24. The smallest absolute Gasteiger partial charge is 0.307 e. The van der Waals surface area contributed by atoms with E-state index in [0.29, 0.717) is 6.42 Å². The molecule has 0 bridgehead atoms. The fourth-order valence-corrected chi connectivity index (χ4v) is 2.08. The molecule has 106 valence electrons. The Hall–Kier alpha value is -1.75. The molecule has 0 aliphatic carbocycles. The number of aliphatic carboxylic acids is 1. The summed E-state index contributed by atoms with van der Waals surface area (Å²) in [5, 5.41) is 9.06. The quantitative estimate of drug-likeness (QED) is 0.788. The Morgan fingerprint density at radius 2 is 2.05 bits per heavy atom. The number of carboxylic acid groups (broad SMARTS) is 1. The van der Waals surface area contributed by atoms with Crippen LogP contribution in [0.4, 0.5) is 0 Å². The average Bonchev–Trinajstić information content (AvgIpc) is 2.43. The van der Waals surface area contributed by atoms with Gasteiger partial charge < -0.3 is 20.3 Å². The number of hydrogen-bond acceptors (Lipinski definition) is 4. The summed E-state index contributed by atoms with van der Waals surface area (Å²) in [6.45, 7) is 2.09. The molecule has 1 aromatic rings. The Balaban J connectivity index is 2.96. The number of carboxylic acids is 1. The minimum atomic E-state index is -0.865. The molecule has 0 spiro atoms. The zero-order chi connectivity index (χ0) is 14.4. The lowest BCUT2D eigenvalue weighted by atomic mass is 9.89. The van der Waals surface area contributed by atoms with E-state index in [4.69, 9.17) is 20.3 Å². The summed E-state index contributed by atoms with van der Waals surface area (Å²) in [5.41, 5.74) is 6.42. The standard InChI is InChI=1S/C14H21NO4/c1-9(6-10(8-15)14(16)17)12-7-11(18-2)4-5-13(12)19-3/h4-5,7,9-10H,6,8,15H2,1-3H3,(H,16,17). The molecule has 0 saturated heterocycles. The molecule has 0 aliphatic heterocycles. The Morgan fingerprint density at radius 3 is 2.53 bits per heavy atom. The fourth-order valence-electron chi connectivity index (χ4n) is 2.08. The van der Waals surface area contributed by atoms with E-state index in [2.05, 4.69) is 0 Å². The molecular weight excluding hydrogens is 246 g/mol. The van der Waals surface area contributed by atoms with Gasteiger partial charge in [-0.25, -0.2) is 0 Å². The molecule has 1 rings (SSSR count). The van der Waals surface area contributed by atoms with Crippen molar-refractivity contribution in [2.75, 3.05) is 20.8 Å². The van der Waals surface area contributed by atoms with Crippen LogP contribution >= 0.6 is 0 Å². The van der Waals surface area contributed by atoms with Gasteiger partial charge in [0.1, 0.15) is 11.5 Å². The van der Waals surface area contributed by atoms with E-state index in [0.717, 1.165) is 17.1 Å². The number of ether oxygens (including phenoxy) is 2. The van der Waals surface area contributed by atoms with Crippen LogP contribution in [0.15, 0.2) is 18.2 Å². The molecule has 0 heterocycles. The van der Waals surface area contributed by atoms with Gasteiger partial charge in [-0.3, -0.25) is 4.79 Å². The normalized spacial score (nSPS) is 13.7. The number of methoxy groups -OCH3 is 2. The molecule has 0 aliphatic rings. The van der Waals surface area contributed by atoms with E-state index >= 15 is 0 Å². The van der Waals surface area contributed by atoms with Crippen molar-refractivity contribution in [2.24, 2.45) is 11.7 Å². The third kappa shape index (κ3) is 3.86. The van der Waals surface area contributed by atoms with Crippen molar-refractivity contribution >= 4 is 5.97 Å². The maximum Gasteiger partial charge on any atom is 0.307 e. The molecule has 0 aromatic heterocycles. The SMILES string of the molecule is COc1ccc(OC)c(C(C)CC(CN)C(=O)O)c1. The van der Waals surface area contributed by atoms with Gasteiger partial charge in [-0.05, 0) is 30.5 Å². The summed E-state index contributed by atoms with van der Waals surface area (Å²) in [6, 6.07) is 5.51. The predicted molar refractivity (Wildman–Crippen MR) is 72.8 cm³/mol. The molecule has 0 saturated carbocycles. The number of carbonyl (C=O) groups is 1. The van der Waals surface area contributed by atoms with Crippen molar-refractivity contribution in [1.29, 1.82) is 0 Å². The van der Waals surface area contributed by atoms with E-state index in [1.54, 1.807) is 14.2 Å². The number of benzene rings is 1. The topological polar surface area (TPSA) is 81.8 Å². The van der Waals surface area contributed by atoms with Crippen molar-refractivity contribution in [1.82, 2.24) is 0 Å². The van der Waals surface area contributed by atoms with Gasteiger partial charge in [0.05, 0.1) is 20.1 Å². The first kappa shape index (κ1) is 15.3. The van der Waals surface area contributed by atoms with Crippen molar-refractivity contribution in [3.63, 3.8) is 0 Å². The van der Waals surface area contributed by atoms with E-state index in [9.17, 15) is 4.79 Å². The molecule has 2 unspecified atom stereocenters. The second-order valence-corrected chi connectivity index (χ2v) is 4.52. The highest BCUT2D eigenvalue weighted by molar-refractivity contribution is 5.70. The van der Waals surface area contributed by atoms with Crippen LogP contribution in [-0.2, 0) is 4.79 Å². The Labute approximate surface area is 113 Å². The second kappa shape index (κ2) is 6.99. The van der Waals surface area contributed by atoms with Gasteiger partial charge >= 0.3 is 5.97 Å². The molecule has 19 heavy (non-hydrogen) atoms. The van der Waals surface area contributed by atoms with Crippen molar-refractivity contribution < 1.29 is 19.4 Å². The molecule has 0 amide bonds. The molecule has 0 radical (unpaired) electrons. The van der Waals surface area contributed by atoms with Gasteiger partial charge in [0.25, 0.3) is 0 Å². The van der Waals surface area contributed by atoms with E-state index in [-0.39, 0.29) is 12.5 Å². The summed E-state index contributed by atoms with van der Waals surface area (Å²) in [6.07, 6.45) is 0.468. The van der Waals surface area contributed by atoms with Gasteiger partial charge in [0, 0.05) is 12.1 Å². The van der Waals surface area contributed by atoms with Crippen molar-refractivity contribution in [3.8, 4) is 11.5 Å². The Morgan fingerprint density at radius 1 is 1.37 bits per heavy atom. The summed E-state index contributed by atoms with van der Waals surface area (Å²) in [7, 11) is 3.19. The lowest BCUT2D eigenvalue weighted by Gasteiger charge is -2.19. The van der Waals surface area contributed by atoms with Crippen LogP contribution in [0, 0.1) is 5.92 Å². The fraction of sp³-hybridized carbons (Fsp3) is 0.500. The maximum absolute atomic E-state index is 11.0. The highest BCUT2D eigenvalue weighted by atomic mass is 16.5. The van der Waals surface area contributed by atoms with Gasteiger partial charge in [0.15, 0.2) is 0 Å². The minimum Gasteiger partial charge on any atom is -0.497 e. The number of hydrogen-bond donors (Lipinski definition) is 2. The van der Waals surface area contributed by atoms with Crippen molar-refractivity contribution in [2.45, 2.75) is 19.3 Å². The number of nitrogens with two attached hydrogens (primary N) is 1. The molecule has 0 fully saturated rings. The van der Waals surface area contributed by atoms with Crippen LogP contribution < -0.4 is 15.2 Å². The maximum atomic E-state index is 11.0. The first-order valence-electron chi connectivity index (χ1n) is 6.18. The molecular formula is C14H21NO4. The summed E-state index contributed by atoms with van der Waals surface area (Å²) in [4.78, 5) is 11.0. The second-order valence-electron chi connectivity index (χ2n) is 4.52. The van der Waals surface area contributed by atoms with Crippen LogP contribution in [0.5, 0.6) is 11.5 Å². The average molecular weight is 267 g/mol. The zero-order valence-electron chi connectivity index (χ0n) is 11.6. The van der Waals surface area contributed by atoms with Crippen LogP contribution in [0.2, 0.25) is 0 Å². The van der Waals surface area contributed by atoms with Crippen LogP contribution in [0.25, 0.3) is 0 Å². The molecule has 5 nitrogen and oxygen atoms in total. The van der Waals surface area contributed by atoms with E-state index in [1.807, 2.05) is 25.1 Å². The third-order valence-electron chi connectivity index (χ3n) is 3.24. The first-order chi connectivity index (χ1) is 9.03. The monoisotopic (exact) mass is 267 g/mol. The Bertz CT molecular complexity index is 433. The van der Waals surface area contributed by atoms with Gasteiger partial charge in [-0.15, -0.1) is 0 Å². The summed E-state index contributed by atoms with van der Waals surface area (Å²) >= 11 is 0. The largest absolute Gasteiger partial charge is 0.497 e. The van der Waals surface area contributed by atoms with Crippen molar-refractivity contribution in [3.05, 3.63) is 23.8 Å². The predicted octanol–water partition coefficient (Wildman–Crippen LogP) is 1.86. The minimum absolute atomic E-state index is 0.0229. The zero-order valence-corrected chi connectivity index (χ0v) is 11.6. The van der Waals surface area contributed by atoms with Crippen LogP contribution in [0.1, 0.15) is 24.8 Å². The highest BCUT2D eigenvalue weighted by Crippen LogP contribution is 2.33. The number of rotatable bonds is 7. The molecule has 1 aromatic carbocycles. The Kier molecular flexibility index (Phi) is 5.63. The van der Waals surface area contributed by atoms with E-state index < -0.39 is 11.9 Å². The van der Waals surface area contributed by atoms with Gasteiger partial charge in [0.2, 0.25) is 0 Å². The molecule has 2 atom stereocenters. The van der Waals surface area contributed by atoms with Gasteiger partial charge in [-0.2, -0.15) is 0 Å². The van der Waals surface area contributed by atoms with Gasteiger partial charge in [-0.1, -0.05) is 6.92 Å². The third-order valence-corrected chi connectivity index (χ3v) is 3.24. The highest BCUT2D eigenvalue weighted by Gasteiger charge is 2.22. The summed E-state index contributed by atoms with van der Waals surface area (Å²) in [5.74, 6) is 0.0635. The lowest BCUT2D eigenvalue weighted by molar-refractivity contribution is -0.141. The molecule has 3 N–H and O–H groups in total. The van der Waals surface area contributed by atoms with E-state index in [1.165, 1.54) is 0 Å². The van der Waals surface area contributed by atoms with Crippen LogP contribution in [-0.4, -0.2) is 31.8 Å². The first-order valence-corrected chi connectivity index (χ1v) is 6.18.